The standard InChI is InChI=1S/C24H25ClN2O4/c25-19-3-7-22(8-4-19)31-21-5-1-16(2-6-21)18-13-27(14-18)24(29)26-10-9-23-17(12-26)11-20(28)15-30-23/h1-8,17-18,23H,9-15H2/t17-,23+/m1/s1. The minimum atomic E-state index is 0.0791. The molecule has 2 aromatic carbocycles. The number of carbonyl (C=O) groups excluding carboxylic acids is 2. The summed E-state index contributed by atoms with van der Waals surface area (Å²) in [6.07, 6.45) is 1.47. The Morgan fingerprint density at radius 1 is 0.968 bits per heavy atom. The first-order valence-electron chi connectivity index (χ1n) is 10.8. The number of ketones is 1. The highest BCUT2D eigenvalue weighted by Crippen LogP contribution is 2.32. The van der Waals surface area contributed by atoms with Gasteiger partial charge in [-0.1, -0.05) is 23.7 Å². The molecule has 6 nitrogen and oxygen atoms in total. The Kier molecular flexibility index (Phi) is 5.59. The molecule has 0 radical (unpaired) electrons. The van der Waals surface area contributed by atoms with E-state index in [1.807, 2.05) is 34.1 Å². The third-order valence-electron chi connectivity index (χ3n) is 6.44. The predicted octanol–water partition coefficient (Wildman–Crippen LogP) is 4.33. The Hall–Kier alpha value is -2.57. The quantitative estimate of drug-likeness (QED) is 0.712. The lowest BCUT2D eigenvalue weighted by Crippen LogP contribution is -2.58. The van der Waals surface area contributed by atoms with E-state index in [-0.39, 0.29) is 30.4 Å². The van der Waals surface area contributed by atoms with Crippen LogP contribution in [0.1, 0.15) is 24.3 Å². The molecule has 0 N–H and O–H groups in total. The smallest absolute Gasteiger partial charge is 0.320 e. The minimum Gasteiger partial charge on any atom is -0.457 e. The number of likely N-dealkylation sites (tertiary alicyclic amines) is 2. The first kappa shape index (κ1) is 20.3. The molecule has 5 rings (SSSR count). The van der Waals surface area contributed by atoms with Gasteiger partial charge in [-0.05, 0) is 48.4 Å². The Labute approximate surface area is 186 Å². The molecule has 0 aliphatic carbocycles. The Morgan fingerprint density at radius 2 is 1.65 bits per heavy atom. The van der Waals surface area contributed by atoms with Crippen molar-refractivity contribution in [2.45, 2.75) is 24.9 Å². The third-order valence-corrected chi connectivity index (χ3v) is 6.69. The molecule has 162 valence electrons. The van der Waals surface area contributed by atoms with Crippen LogP contribution in [-0.4, -0.2) is 60.5 Å². The van der Waals surface area contributed by atoms with Crippen LogP contribution in [-0.2, 0) is 9.53 Å². The number of rotatable bonds is 3. The van der Waals surface area contributed by atoms with Crippen molar-refractivity contribution in [1.29, 1.82) is 0 Å². The average Bonchev–Trinajstić information content (AvgIpc) is 2.75. The van der Waals surface area contributed by atoms with Crippen LogP contribution in [0.4, 0.5) is 4.79 Å². The lowest BCUT2D eigenvalue weighted by atomic mass is 9.87. The maximum atomic E-state index is 12.9. The average molecular weight is 441 g/mol. The second-order valence-electron chi connectivity index (χ2n) is 8.60. The minimum absolute atomic E-state index is 0.0791. The maximum Gasteiger partial charge on any atom is 0.320 e. The lowest BCUT2D eigenvalue weighted by molar-refractivity contribution is -0.140. The van der Waals surface area contributed by atoms with Gasteiger partial charge in [-0.15, -0.1) is 0 Å². The Balaban J connectivity index is 1.13. The SMILES string of the molecule is O=C1CO[C@H]2CCN(C(=O)N3CC(c4ccc(Oc5ccc(Cl)cc5)cc4)C3)C[C@H]2C1. The van der Waals surface area contributed by atoms with E-state index in [1.165, 1.54) is 5.56 Å². The molecule has 3 heterocycles. The fourth-order valence-corrected chi connectivity index (χ4v) is 4.77. The van der Waals surface area contributed by atoms with Crippen molar-refractivity contribution in [3.63, 3.8) is 0 Å². The first-order chi connectivity index (χ1) is 15.0. The molecule has 2 atom stereocenters. The van der Waals surface area contributed by atoms with Crippen molar-refractivity contribution in [2.24, 2.45) is 5.92 Å². The van der Waals surface area contributed by atoms with E-state index >= 15 is 0 Å². The monoisotopic (exact) mass is 440 g/mol. The number of fused-ring (bicyclic) bond motifs is 1. The van der Waals surface area contributed by atoms with Crippen LogP contribution >= 0.6 is 11.6 Å². The van der Waals surface area contributed by atoms with Gasteiger partial charge >= 0.3 is 6.03 Å². The van der Waals surface area contributed by atoms with Crippen molar-refractivity contribution < 1.29 is 19.1 Å². The number of halogens is 1. The molecule has 2 aromatic rings. The number of Topliss-reactive ketones (excluding diaryl/α,β-unsaturated/α-hetero) is 1. The lowest BCUT2D eigenvalue weighted by Gasteiger charge is -2.46. The summed E-state index contributed by atoms with van der Waals surface area (Å²) < 4.78 is 11.5. The molecule has 2 amide bonds. The van der Waals surface area contributed by atoms with Gasteiger partial charge in [0.2, 0.25) is 0 Å². The topological polar surface area (TPSA) is 59.1 Å². The number of ether oxygens (including phenoxy) is 2. The maximum absolute atomic E-state index is 12.9. The molecule has 0 spiro atoms. The number of urea groups is 1. The second-order valence-corrected chi connectivity index (χ2v) is 9.03. The Bertz CT molecular complexity index is 957. The van der Waals surface area contributed by atoms with Crippen molar-refractivity contribution in [3.8, 4) is 11.5 Å². The van der Waals surface area contributed by atoms with Gasteiger partial charge in [0.15, 0.2) is 5.78 Å². The van der Waals surface area contributed by atoms with Gasteiger partial charge in [-0.3, -0.25) is 4.79 Å². The molecule has 3 aliphatic rings. The molecule has 3 fully saturated rings. The third kappa shape index (κ3) is 4.41. The van der Waals surface area contributed by atoms with Crippen molar-refractivity contribution in [3.05, 3.63) is 59.1 Å². The van der Waals surface area contributed by atoms with E-state index < -0.39 is 0 Å². The summed E-state index contributed by atoms with van der Waals surface area (Å²) in [6, 6.07) is 15.4. The number of hydrogen-bond acceptors (Lipinski definition) is 4. The normalized spacial score (nSPS) is 23.8. The molecular formula is C24H25ClN2O4. The molecule has 3 saturated heterocycles. The molecule has 7 heteroatoms. The molecular weight excluding hydrogens is 416 g/mol. The zero-order valence-electron chi connectivity index (χ0n) is 17.2. The summed E-state index contributed by atoms with van der Waals surface area (Å²) in [5, 5.41) is 0.678. The zero-order chi connectivity index (χ0) is 21.4. The van der Waals surface area contributed by atoms with Gasteiger partial charge in [0.05, 0.1) is 6.10 Å². The van der Waals surface area contributed by atoms with Gasteiger partial charge < -0.3 is 19.3 Å². The highest BCUT2D eigenvalue weighted by Gasteiger charge is 2.40. The number of hydrogen-bond donors (Lipinski definition) is 0. The highest BCUT2D eigenvalue weighted by atomic mass is 35.5. The van der Waals surface area contributed by atoms with Crippen molar-refractivity contribution >= 4 is 23.4 Å². The van der Waals surface area contributed by atoms with E-state index in [0.29, 0.717) is 30.5 Å². The number of amides is 2. The second kappa shape index (κ2) is 8.52. The fourth-order valence-electron chi connectivity index (χ4n) is 4.64. The van der Waals surface area contributed by atoms with Crippen LogP contribution < -0.4 is 4.74 Å². The molecule has 0 unspecified atom stereocenters. The summed E-state index contributed by atoms with van der Waals surface area (Å²) in [4.78, 5) is 28.4. The zero-order valence-corrected chi connectivity index (χ0v) is 18.0. The van der Waals surface area contributed by atoms with E-state index in [2.05, 4.69) is 12.1 Å². The predicted molar refractivity (Wildman–Crippen MR) is 117 cm³/mol. The van der Waals surface area contributed by atoms with E-state index in [1.54, 1.807) is 12.1 Å². The summed E-state index contributed by atoms with van der Waals surface area (Å²) in [5.41, 5.74) is 1.21. The van der Waals surface area contributed by atoms with Gasteiger partial charge in [-0.2, -0.15) is 0 Å². The largest absolute Gasteiger partial charge is 0.457 e. The first-order valence-corrected chi connectivity index (χ1v) is 11.1. The molecule has 31 heavy (non-hydrogen) atoms. The fraction of sp³-hybridized carbons (Fsp3) is 0.417. The highest BCUT2D eigenvalue weighted by molar-refractivity contribution is 6.30. The van der Waals surface area contributed by atoms with Crippen LogP contribution in [0, 0.1) is 5.92 Å². The number of nitrogens with zero attached hydrogens (tertiary/aromatic N) is 2. The summed E-state index contributed by atoms with van der Waals surface area (Å²) in [7, 11) is 0. The van der Waals surface area contributed by atoms with Crippen molar-refractivity contribution in [1.82, 2.24) is 9.80 Å². The molecule has 0 bridgehead atoms. The summed E-state index contributed by atoms with van der Waals surface area (Å²) >= 11 is 5.91. The van der Waals surface area contributed by atoms with E-state index in [4.69, 9.17) is 21.1 Å². The van der Waals surface area contributed by atoms with Crippen molar-refractivity contribution in [2.75, 3.05) is 32.8 Å². The molecule has 3 aliphatic heterocycles. The molecule has 0 saturated carbocycles. The Morgan fingerprint density at radius 3 is 2.35 bits per heavy atom. The van der Waals surface area contributed by atoms with E-state index in [9.17, 15) is 9.59 Å². The summed E-state index contributed by atoms with van der Waals surface area (Å²) in [6.45, 7) is 2.98. The van der Waals surface area contributed by atoms with Crippen LogP contribution in [0.3, 0.4) is 0 Å². The number of piperidine rings is 1. The van der Waals surface area contributed by atoms with Crippen LogP contribution in [0.15, 0.2) is 48.5 Å². The van der Waals surface area contributed by atoms with Gasteiger partial charge in [0.25, 0.3) is 0 Å². The summed E-state index contributed by atoms with van der Waals surface area (Å²) in [5.74, 6) is 2.13. The number of benzene rings is 2. The van der Waals surface area contributed by atoms with Crippen LogP contribution in [0.5, 0.6) is 11.5 Å². The van der Waals surface area contributed by atoms with Crippen LogP contribution in [0.2, 0.25) is 5.02 Å². The van der Waals surface area contributed by atoms with Gasteiger partial charge in [0.1, 0.15) is 18.1 Å². The van der Waals surface area contributed by atoms with E-state index in [0.717, 1.165) is 31.0 Å². The van der Waals surface area contributed by atoms with Gasteiger partial charge in [0, 0.05) is 49.5 Å². The molecule has 0 aromatic heterocycles. The number of carbonyl (C=O) groups is 2. The van der Waals surface area contributed by atoms with Gasteiger partial charge in [-0.25, -0.2) is 4.79 Å². The van der Waals surface area contributed by atoms with Crippen LogP contribution in [0.25, 0.3) is 0 Å².